The minimum atomic E-state index is -0.957. The van der Waals surface area contributed by atoms with Crippen molar-refractivity contribution in [2.24, 2.45) is 11.8 Å². The zero-order chi connectivity index (χ0) is 26.4. The Hall–Kier alpha value is -1.99. The van der Waals surface area contributed by atoms with Crippen molar-refractivity contribution in [3.63, 3.8) is 0 Å². The largest absolute Gasteiger partial charge is 0.456 e. The van der Waals surface area contributed by atoms with Gasteiger partial charge in [-0.3, -0.25) is 0 Å². The summed E-state index contributed by atoms with van der Waals surface area (Å²) < 4.78 is 17.7. The van der Waals surface area contributed by atoms with Gasteiger partial charge in [0.25, 0.3) is 0 Å². The molecule has 7 unspecified atom stereocenters. The lowest BCUT2D eigenvalue weighted by Gasteiger charge is -2.28. The molecule has 0 spiro atoms. The first-order chi connectivity index (χ1) is 17.8. The maximum absolute atomic E-state index is 12.7. The number of aliphatic hydroxyl groups is 2. The molecule has 0 aromatic carbocycles. The summed E-state index contributed by atoms with van der Waals surface area (Å²) in [7, 11) is 0. The molecule has 6 nitrogen and oxygen atoms in total. The monoisotopic (exact) mass is 512 g/mol. The van der Waals surface area contributed by atoms with Crippen LogP contribution >= 0.6 is 0 Å². The van der Waals surface area contributed by atoms with Crippen LogP contribution in [-0.4, -0.2) is 58.9 Å². The van der Waals surface area contributed by atoms with Crippen molar-refractivity contribution in [3.05, 3.63) is 60.3 Å². The minimum Gasteiger partial charge on any atom is -0.456 e. The van der Waals surface area contributed by atoms with Crippen molar-refractivity contribution >= 4 is 5.97 Å². The second-order valence-electron chi connectivity index (χ2n) is 11.5. The Balaban J connectivity index is 1.45. The van der Waals surface area contributed by atoms with E-state index in [1.165, 1.54) is 11.6 Å². The number of fused-ring (bicyclic) bond motifs is 3. The maximum Gasteiger partial charge on any atom is 0.330 e. The number of ether oxygens (including phenoxy) is 3. The lowest BCUT2D eigenvalue weighted by Crippen LogP contribution is -2.32. The van der Waals surface area contributed by atoms with Crippen LogP contribution in [0.4, 0.5) is 0 Å². The number of hydrogen-bond donors (Lipinski definition) is 2. The highest BCUT2D eigenvalue weighted by Crippen LogP contribution is 2.35. The molecule has 2 bridgehead atoms. The molecule has 6 heteroatoms. The van der Waals surface area contributed by atoms with Crippen LogP contribution in [0.1, 0.15) is 71.6 Å². The summed E-state index contributed by atoms with van der Waals surface area (Å²) in [6.45, 7) is 8.53. The molecule has 3 heterocycles. The molecule has 1 saturated heterocycles. The summed E-state index contributed by atoms with van der Waals surface area (Å²) in [5.74, 6) is 0.181. The maximum atomic E-state index is 12.7. The van der Waals surface area contributed by atoms with Crippen molar-refractivity contribution in [2.75, 3.05) is 0 Å². The van der Waals surface area contributed by atoms with E-state index in [4.69, 9.17) is 14.2 Å². The molecule has 1 fully saturated rings. The molecule has 204 valence electrons. The quantitative estimate of drug-likeness (QED) is 0.310. The van der Waals surface area contributed by atoms with Gasteiger partial charge in [-0.1, -0.05) is 61.1 Å². The van der Waals surface area contributed by atoms with Crippen LogP contribution in [0.2, 0.25) is 0 Å². The molecule has 9 atom stereocenters. The first kappa shape index (κ1) is 28.0. The van der Waals surface area contributed by atoms with Crippen LogP contribution in [0, 0.1) is 11.8 Å². The summed E-state index contributed by atoms with van der Waals surface area (Å²) in [5, 5.41) is 21.7. The molecule has 0 amide bonds. The Kier molecular flexibility index (Phi) is 9.99. The number of esters is 1. The first-order valence-electron chi connectivity index (χ1n) is 14.0. The average molecular weight is 513 g/mol. The molecule has 0 saturated carbocycles. The summed E-state index contributed by atoms with van der Waals surface area (Å²) in [4.78, 5) is 12.7. The fraction of sp³-hybridized carbons (Fsp3) is 0.645. The van der Waals surface area contributed by atoms with E-state index in [-0.39, 0.29) is 30.3 Å². The minimum absolute atomic E-state index is 0.0733. The molecule has 4 aliphatic rings. The number of rotatable bonds is 3. The van der Waals surface area contributed by atoms with Crippen LogP contribution in [0.15, 0.2) is 60.3 Å². The molecular formula is C31H44O6. The predicted molar refractivity (Wildman–Crippen MR) is 144 cm³/mol. The van der Waals surface area contributed by atoms with Gasteiger partial charge < -0.3 is 24.4 Å². The van der Waals surface area contributed by atoms with Gasteiger partial charge >= 0.3 is 5.97 Å². The van der Waals surface area contributed by atoms with E-state index in [0.29, 0.717) is 25.2 Å². The van der Waals surface area contributed by atoms with Gasteiger partial charge in [0.1, 0.15) is 18.3 Å². The number of carbonyl (C=O) groups excluding carboxylic acids is 1. The van der Waals surface area contributed by atoms with Crippen molar-refractivity contribution < 1.29 is 29.2 Å². The topological polar surface area (TPSA) is 88.5 Å². The summed E-state index contributed by atoms with van der Waals surface area (Å²) in [6, 6.07) is 0. The predicted octanol–water partition coefficient (Wildman–Crippen LogP) is 5.12. The summed E-state index contributed by atoms with van der Waals surface area (Å²) in [5.41, 5.74) is 2.37. The Morgan fingerprint density at radius 2 is 2.00 bits per heavy atom. The molecule has 3 aliphatic heterocycles. The van der Waals surface area contributed by atoms with Gasteiger partial charge in [-0.05, 0) is 70.1 Å². The molecule has 2 N–H and O–H groups in total. The van der Waals surface area contributed by atoms with E-state index in [2.05, 4.69) is 32.6 Å². The number of cyclic esters (lactones) is 1. The fourth-order valence-electron chi connectivity index (χ4n) is 5.87. The third-order valence-corrected chi connectivity index (χ3v) is 7.82. The van der Waals surface area contributed by atoms with E-state index in [0.717, 1.165) is 44.1 Å². The molecule has 37 heavy (non-hydrogen) atoms. The average Bonchev–Trinajstić information content (AvgIpc) is 3.61. The number of carbonyl (C=O) groups is 1. The lowest BCUT2D eigenvalue weighted by atomic mass is 9.90. The molecule has 0 aromatic heterocycles. The first-order valence-corrected chi connectivity index (χ1v) is 14.0. The van der Waals surface area contributed by atoms with E-state index in [1.54, 1.807) is 12.2 Å². The second kappa shape index (κ2) is 13.2. The number of hydrogen-bond acceptors (Lipinski definition) is 6. The van der Waals surface area contributed by atoms with E-state index in [9.17, 15) is 15.0 Å². The van der Waals surface area contributed by atoms with Crippen LogP contribution in [0.3, 0.4) is 0 Å². The highest BCUT2D eigenvalue weighted by atomic mass is 16.6. The van der Waals surface area contributed by atoms with Crippen LogP contribution in [0.25, 0.3) is 0 Å². The van der Waals surface area contributed by atoms with Crippen molar-refractivity contribution in [2.45, 2.75) is 114 Å². The van der Waals surface area contributed by atoms with Gasteiger partial charge in [0, 0.05) is 12.5 Å². The number of epoxide rings is 1. The van der Waals surface area contributed by atoms with Gasteiger partial charge in [-0.25, -0.2) is 4.79 Å². The fourth-order valence-corrected chi connectivity index (χ4v) is 5.87. The number of allylic oxidation sites excluding steroid dienone is 3. The Bertz CT molecular complexity index is 917. The van der Waals surface area contributed by atoms with Gasteiger partial charge in [-0.15, -0.1) is 0 Å². The van der Waals surface area contributed by atoms with Crippen molar-refractivity contribution in [1.82, 2.24) is 0 Å². The highest BCUT2D eigenvalue weighted by Gasteiger charge is 2.46. The van der Waals surface area contributed by atoms with Gasteiger partial charge in [-0.2, -0.15) is 0 Å². The van der Waals surface area contributed by atoms with E-state index >= 15 is 0 Å². The molecule has 0 radical (unpaired) electrons. The third-order valence-electron chi connectivity index (χ3n) is 7.82. The highest BCUT2D eigenvalue weighted by molar-refractivity contribution is 5.82. The molecule has 0 aromatic rings. The second-order valence-corrected chi connectivity index (χ2v) is 11.5. The summed E-state index contributed by atoms with van der Waals surface area (Å²) >= 11 is 0. The standard InChI is InChI=1S/C31H44O6/c1-20-7-4-8-23(16-20)13-14-26(32)28-19-29-31(37-29)27(33)18-22(3)15-21(2)17-25-11-5-9-24(35-25)10-6-12-30(34)36-28/h5-6,9,12-14,16,21,23-29,31-33H,3-4,7-8,10-11,15,17-19H2,1-2H3/b12-6-,14-13+/t21?,23?,24?,25?,26?,27-,28?,29-,31?/m0/s1. The Morgan fingerprint density at radius 3 is 2.81 bits per heavy atom. The Morgan fingerprint density at radius 1 is 1.16 bits per heavy atom. The van der Waals surface area contributed by atoms with Gasteiger partial charge in [0.15, 0.2) is 0 Å². The van der Waals surface area contributed by atoms with E-state index in [1.807, 2.05) is 12.2 Å². The van der Waals surface area contributed by atoms with Crippen LogP contribution in [0.5, 0.6) is 0 Å². The van der Waals surface area contributed by atoms with Crippen molar-refractivity contribution in [1.29, 1.82) is 0 Å². The third kappa shape index (κ3) is 8.78. The lowest BCUT2D eigenvalue weighted by molar-refractivity contribution is -0.148. The normalized spacial score (nSPS) is 39.6. The van der Waals surface area contributed by atoms with Gasteiger partial charge in [0.2, 0.25) is 0 Å². The zero-order valence-electron chi connectivity index (χ0n) is 22.3. The van der Waals surface area contributed by atoms with Crippen LogP contribution in [-0.2, 0) is 19.0 Å². The SMILES string of the molecule is C=C1CC(C)CC2CC=CC(C/C=C\C(=O)OC(C(O)/C=C/C3C=C(C)CCC3)C[C@@H]3OC3[C@@H](O)C1)O2. The Labute approximate surface area is 221 Å². The molecule has 4 rings (SSSR count). The van der Waals surface area contributed by atoms with Crippen LogP contribution < -0.4 is 0 Å². The molecular weight excluding hydrogens is 468 g/mol. The molecule has 1 aliphatic carbocycles. The zero-order valence-corrected chi connectivity index (χ0v) is 22.3. The smallest absolute Gasteiger partial charge is 0.330 e. The summed E-state index contributed by atoms with van der Waals surface area (Å²) in [6.07, 6.45) is 17.8. The van der Waals surface area contributed by atoms with Crippen molar-refractivity contribution in [3.8, 4) is 0 Å². The number of aliphatic hydroxyl groups excluding tert-OH is 2. The van der Waals surface area contributed by atoms with Gasteiger partial charge in [0.05, 0.1) is 24.4 Å². The van der Waals surface area contributed by atoms with E-state index < -0.39 is 24.3 Å².